The maximum absolute atomic E-state index is 5.53. The van der Waals surface area contributed by atoms with Crippen molar-refractivity contribution < 1.29 is 4.42 Å². The Balaban J connectivity index is 1.60. The molecule has 0 spiro atoms. The first-order chi connectivity index (χ1) is 9.36. The molecule has 3 heterocycles. The number of nitrogens with one attached hydrogen (secondary N) is 1. The molecular weight excluding hydrogens is 262 g/mol. The number of piperazine rings is 1. The van der Waals surface area contributed by atoms with Crippen LogP contribution in [0.4, 0.5) is 11.1 Å². The second-order valence-electron chi connectivity index (χ2n) is 4.44. The van der Waals surface area contributed by atoms with Gasteiger partial charge in [-0.1, -0.05) is 0 Å². The van der Waals surface area contributed by atoms with Crippen molar-refractivity contribution in [3.63, 3.8) is 0 Å². The van der Waals surface area contributed by atoms with Gasteiger partial charge < -0.3 is 19.5 Å². The van der Waals surface area contributed by atoms with E-state index in [1.165, 1.54) is 0 Å². The van der Waals surface area contributed by atoms with E-state index in [4.69, 9.17) is 4.42 Å². The van der Waals surface area contributed by atoms with Crippen LogP contribution in [0.15, 0.2) is 22.3 Å². The Morgan fingerprint density at radius 3 is 2.79 bits per heavy atom. The Hall–Kier alpha value is -1.60. The summed E-state index contributed by atoms with van der Waals surface area (Å²) in [5.41, 5.74) is 0.944. The Labute approximate surface area is 116 Å². The maximum atomic E-state index is 5.53. The predicted molar refractivity (Wildman–Crippen MR) is 75.8 cm³/mol. The third kappa shape index (κ3) is 2.71. The quantitative estimate of drug-likeness (QED) is 0.907. The molecule has 1 saturated heterocycles. The molecule has 0 radical (unpaired) electrons. The van der Waals surface area contributed by atoms with Crippen molar-refractivity contribution in [3.05, 3.63) is 23.5 Å². The smallest absolute Gasteiger partial charge is 0.297 e. The standard InChI is InChI=1S/C12H17N5OS/c1-13-8-10-9-18-11(15-10)16-3-5-17(6-4-16)12-14-2-7-19-12/h2,7,9,13H,3-6,8H2,1H3. The largest absolute Gasteiger partial charge is 0.432 e. The highest BCUT2D eigenvalue weighted by molar-refractivity contribution is 7.13. The highest BCUT2D eigenvalue weighted by atomic mass is 32.1. The number of oxazole rings is 1. The fourth-order valence-corrected chi connectivity index (χ4v) is 2.86. The first-order valence-electron chi connectivity index (χ1n) is 6.35. The van der Waals surface area contributed by atoms with Crippen LogP contribution in [0.25, 0.3) is 0 Å². The molecular formula is C12H17N5OS. The Morgan fingerprint density at radius 1 is 1.32 bits per heavy atom. The Bertz CT molecular complexity index is 504. The van der Waals surface area contributed by atoms with Gasteiger partial charge in [-0.05, 0) is 7.05 Å². The number of aromatic nitrogens is 2. The number of thiazole rings is 1. The molecule has 3 rings (SSSR count). The van der Waals surface area contributed by atoms with Gasteiger partial charge in [0.1, 0.15) is 6.26 Å². The molecule has 0 aromatic carbocycles. The molecule has 19 heavy (non-hydrogen) atoms. The minimum atomic E-state index is 0.726. The second-order valence-corrected chi connectivity index (χ2v) is 5.31. The van der Waals surface area contributed by atoms with Crippen LogP contribution < -0.4 is 15.1 Å². The molecule has 0 bridgehead atoms. The van der Waals surface area contributed by atoms with Gasteiger partial charge in [0.2, 0.25) is 0 Å². The maximum Gasteiger partial charge on any atom is 0.297 e. The van der Waals surface area contributed by atoms with Crippen molar-refractivity contribution in [2.24, 2.45) is 0 Å². The molecule has 2 aromatic rings. The van der Waals surface area contributed by atoms with Crippen molar-refractivity contribution in [1.29, 1.82) is 0 Å². The van der Waals surface area contributed by atoms with Gasteiger partial charge >= 0.3 is 0 Å². The van der Waals surface area contributed by atoms with Gasteiger partial charge in [0, 0.05) is 44.3 Å². The van der Waals surface area contributed by atoms with E-state index in [1.807, 2.05) is 18.6 Å². The number of hydrogen-bond acceptors (Lipinski definition) is 7. The summed E-state index contributed by atoms with van der Waals surface area (Å²) in [5, 5.41) is 6.18. The van der Waals surface area contributed by atoms with Crippen LogP contribution >= 0.6 is 11.3 Å². The van der Waals surface area contributed by atoms with Crippen LogP contribution in [0.5, 0.6) is 0 Å². The highest BCUT2D eigenvalue weighted by Gasteiger charge is 2.21. The van der Waals surface area contributed by atoms with Crippen LogP contribution in [-0.4, -0.2) is 43.2 Å². The van der Waals surface area contributed by atoms with Crippen LogP contribution in [0.3, 0.4) is 0 Å². The lowest BCUT2D eigenvalue weighted by atomic mass is 10.3. The second kappa shape index (κ2) is 5.58. The first-order valence-corrected chi connectivity index (χ1v) is 7.23. The monoisotopic (exact) mass is 279 g/mol. The molecule has 7 heteroatoms. The minimum absolute atomic E-state index is 0.726. The van der Waals surface area contributed by atoms with Crippen molar-refractivity contribution in [2.45, 2.75) is 6.54 Å². The molecule has 0 amide bonds. The molecule has 2 aromatic heterocycles. The first kappa shape index (κ1) is 12.4. The summed E-state index contributed by atoms with van der Waals surface area (Å²) in [4.78, 5) is 13.3. The third-order valence-electron chi connectivity index (χ3n) is 3.14. The number of anilines is 2. The number of hydrogen-bond donors (Lipinski definition) is 1. The summed E-state index contributed by atoms with van der Waals surface area (Å²) in [5.74, 6) is 0. The lowest BCUT2D eigenvalue weighted by Gasteiger charge is -2.33. The minimum Gasteiger partial charge on any atom is -0.432 e. The fourth-order valence-electron chi connectivity index (χ4n) is 2.16. The lowest BCUT2D eigenvalue weighted by Crippen LogP contribution is -2.46. The summed E-state index contributed by atoms with van der Waals surface area (Å²) >= 11 is 1.69. The molecule has 1 N–H and O–H groups in total. The Kier molecular flexibility index (Phi) is 3.65. The zero-order valence-corrected chi connectivity index (χ0v) is 11.7. The van der Waals surface area contributed by atoms with Gasteiger partial charge in [-0.2, -0.15) is 4.98 Å². The molecule has 102 valence electrons. The van der Waals surface area contributed by atoms with Gasteiger partial charge in [-0.25, -0.2) is 4.98 Å². The summed E-state index contributed by atoms with van der Waals surface area (Å²) in [6.45, 7) is 4.48. The normalized spacial score (nSPS) is 16.1. The molecule has 6 nitrogen and oxygen atoms in total. The lowest BCUT2D eigenvalue weighted by molar-refractivity contribution is 0.515. The number of rotatable bonds is 4. The van der Waals surface area contributed by atoms with Gasteiger partial charge in [0.15, 0.2) is 5.13 Å². The van der Waals surface area contributed by atoms with Crippen LogP contribution in [0.1, 0.15) is 5.69 Å². The average Bonchev–Trinajstić information content (AvgIpc) is 3.10. The molecule has 1 fully saturated rings. The van der Waals surface area contributed by atoms with Crippen molar-refractivity contribution >= 4 is 22.5 Å². The topological polar surface area (TPSA) is 57.4 Å². The number of nitrogens with zero attached hydrogens (tertiary/aromatic N) is 4. The summed E-state index contributed by atoms with van der Waals surface area (Å²) < 4.78 is 5.53. The van der Waals surface area contributed by atoms with E-state index >= 15 is 0 Å². The average molecular weight is 279 g/mol. The summed E-state index contributed by atoms with van der Waals surface area (Å²) in [7, 11) is 1.90. The molecule has 1 aliphatic heterocycles. The van der Waals surface area contributed by atoms with E-state index in [0.717, 1.165) is 49.6 Å². The van der Waals surface area contributed by atoms with Gasteiger partial charge in [-0.15, -0.1) is 11.3 Å². The van der Waals surface area contributed by atoms with Gasteiger partial charge in [-0.3, -0.25) is 0 Å². The zero-order chi connectivity index (χ0) is 13.1. The molecule has 0 saturated carbocycles. The van der Waals surface area contributed by atoms with E-state index in [0.29, 0.717) is 0 Å². The van der Waals surface area contributed by atoms with Gasteiger partial charge in [0.05, 0.1) is 5.69 Å². The third-order valence-corrected chi connectivity index (χ3v) is 3.97. The van der Waals surface area contributed by atoms with E-state index < -0.39 is 0 Å². The van der Waals surface area contributed by atoms with Crippen LogP contribution in [0.2, 0.25) is 0 Å². The Morgan fingerprint density at radius 2 is 2.11 bits per heavy atom. The zero-order valence-electron chi connectivity index (χ0n) is 10.9. The highest BCUT2D eigenvalue weighted by Crippen LogP contribution is 2.21. The van der Waals surface area contributed by atoms with Crippen molar-refractivity contribution in [2.75, 3.05) is 43.0 Å². The van der Waals surface area contributed by atoms with E-state index in [1.54, 1.807) is 17.6 Å². The molecule has 1 aliphatic rings. The molecule has 0 atom stereocenters. The van der Waals surface area contributed by atoms with Gasteiger partial charge in [0.25, 0.3) is 6.01 Å². The summed E-state index contributed by atoms with van der Waals surface area (Å²) in [6, 6.07) is 0.726. The molecule has 0 aliphatic carbocycles. The SMILES string of the molecule is CNCc1coc(N2CCN(c3nccs3)CC2)n1. The van der Waals surface area contributed by atoms with Crippen LogP contribution in [0, 0.1) is 0 Å². The predicted octanol–water partition coefficient (Wildman–Crippen LogP) is 1.18. The van der Waals surface area contributed by atoms with Crippen molar-refractivity contribution in [3.8, 4) is 0 Å². The van der Waals surface area contributed by atoms with E-state index in [-0.39, 0.29) is 0 Å². The van der Waals surface area contributed by atoms with Crippen LogP contribution in [-0.2, 0) is 6.54 Å². The van der Waals surface area contributed by atoms with E-state index in [9.17, 15) is 0 Å². The summed E-state index contributed by atoms with van der Waals surface area (Å²) in [6.07, 6.45) is 3.57. The molecule has 0 unspecified atom stereocenters. The van der Waals surface area contributed by atoms with E-state index in [2.05, 4.69) is 25.1 Å². The fraction of sp³-hybridized carbons (Fsp3) is 0.500. The van der Waals surface area contributed by atoms with Crippen molar-refractivity contribution in [1.82, 2.24) is 15.3 Å².